The van der Waals surface area contributed by atoms with E-state index in [0.717, 1.165) is 12.1 Å². The van der Waals surface area contributed by atoms with E-state index in [1.165, 1.54) is 18.2 Å². The van der Waals surface area contributed by atoms with Gasteiger partial charge in [-0.05, 0) is 36.7 Å². The summed E-state index contributed by atoms with van der Waals surface area (Å²) in [6.45, 7) is 3.40. The van der Waals surface area contributed by atoms with Gasteiger partial charge < -0.3 is 5.32 Å². The molecule has 0 radical (unpaired) electrons. The number of hydrogen-bond acceptors (Lipinski definition) is 1. The van der Waals surface area contributed by atoms with Gasteiger partial charge in [-0.3, -0.25) is 0 Å². The molecule has 2 aromatic carbocycles. The second-order valence-corrected chi connectivity index (χ2v) is 5.34. The van der Waals surface area contributed by atoms with Crippen LogP contribution < -0.4 is 5.32 Å². The molecule has 0 bridgehead atoms. The van der Waals surface area contributed by atoms with Gasteiger partial charge >= 0.3 is 0 Å². The molecule has 2 rings (SSSR count). The number of hydrogen-bond donors (Lipinski definition) is 1. The first-order valence-corrected chi connectivity index (χ1v) is 7.39. The van der Waals surface area contributed by atoms with Crippen molar-refractivity contribution in [2.45, 2.75) is 19.3 Å². The van der Waals surface area contributed by atoms with Crippen molar-refractivity contribution in [3.05, 3.63) is 70.2 Å². The van der Waals surface area contributed by atoms with Crippen LogP contribution in [-0.2, 0) is 6.42 Å². The molecule has 1 nitrogen and oxygen atoms in total. The summed E-state index contributed by atoms with van der Waals surface area (Å²) < 4.78 is 27.7. The van der Waals surface area contributed by atoms with Crippen LogP contribution in [0.3, 0.4) is 0 Å². The zero-order valence-electron chi connectivity index (χ0n) is 11.9. The average Bonchev–Trinajstić information content (AvgIpc) is 2.47. The summed E-state index contributed by atoms with van der Waals surface area (Å²) in [7, 11) is 0. The molecule has 0 aromatic heterocycles. The molecular formula is C17H18ClF2N. The predicted octanol–water partition coefficient (Wildman–Crippen LogP) is 4.55. The van der Waals surface area contributed by atoms with Crippen LogP contribution in [0.15, 0.2) is 42.5 Å². The van der Waals surface area contributed by atoms with Gasteiger partial charge in [-0.25, -0.2) is 8.78 Å². The summed E-state index contributed by atoms with van der Waals surface area (Å²) >= 11 is 6.23. The van der Waals surface area contributed by atoms with E-state index in [1.807, 2.05) is 25.1 Å². The van der Waals surface area contributed by atoms with E-state index in [4.69, 9.17) is 11.6 Å². The fourth-order valence-electron chi connectivity index (χ4n) is 2.39. The first kappa shape index (κ1) is 15.9. The van der Waals surface area contributed by atoms with Crippen LogP contribution in [0, 0.1) is 11.6 Å². The maximum absolute atomic E-state index is 13.9. The highest BCUT2D eigenvalue weighted by atomic mass is 35.5. The smallest absolute Gasteiger partial charge is 0.129 e. The van der Waals surface area contributed by atoms with Gasteiger partial charge in [0.05, 0.1) is 0 Å². The van der Waals surface area contributed by atoms with Crippen molar-refractivity contribution in [1.82, 2.24) is 5.32 Å². The van der Waals surface area contributed by atoms with E-state index < -0.39 is 11.6 Å². The molecule has 1 N–H and O–H groups in total. The van der Waals surface area contributed by atoms with Crippen molar-refractivity contribution >= 4 is 11.6 Å². The van der Waals surface area contributed by atoms with Crippen molar-refractivity contribution in [2.24, 2.45) is 0 Å². The maximum Gasteiger partial charge on any atom is 0.129 e. The third kappa shape index (κ3) is 4.02. The van der Waals surface area contributed by atoms with Gasteiger partial charge in [-0.15, -0.1) is 0 Å². The largest absolute Gasteiger partial charge is 0.316 e. The summed E-state index contributed by atoms with van der Waals surface area (Å²) in [5, 5.41) is 3.85. The molecule has 0 spiro atoms. The van der Waals surface area contributed by atoms with E-state index in [9.17, 15) is 8.78 Å². The molecule has 0 saturated carbocycles. The first-order valence-electron chi connectivity index (χ1n) is 7.01. The van der Waals surface area contributed by atoms with Crippen LogP contribution in [0.1, 0.15) is 24.0 Å². The van der Waals surface area contributed by atoms with Gasteiger partial charge in [0.1, 0.15) is 11.6 Å². The number of likely N-dealkylation sites (N-methyl/N-ethyl adjacent to an activating group) is 1. The van der Waals surface area contributed by atoms with Gasteiger partial charge in [0.25, 0.3) is 0 Å². The molecule has 0 fully saturated rings. The highest BCUT2D eigenvalue weighted by Crippen LogP contribution is 2.28. The summed E-state index contributed by atoms with van der Waals surface area (Å²) in [4.78, 5) is 0. The quantitative estimate of drug-likeness (QED) is 0.825. The number of halogens is 3. The second kappa shape index (κ2) is 7.53. The van der Waals surface area contributed by atoms with Crippen LogP contribution in [0.5, 0.6) is 0 Å². The Morgan fingerprint density at radius 2 is 1.71 bits per heavy atom. The van der Waals surface area contributed by atoms with Gasteiger partial charge in [0, 0.05) is 23.0 Å². The average molecular weight is 310 g/mol. The molecule has 0 aliphatic heterocycles. The Balaban J connectivity index is 2.31. The van der Waals surface area contributed by atoms with Crippen LogP contribution in [0.4, 0.5) is 8.78 Å². The van der Waals surface area contributed by atoms with Crippen LogP contribution >= 0.6 is 11.6 Å². The van der Waals surface area contributed by atoms with E-state index in [-0.39, 0.29) is 17.9 Å². The Bertz CT molecular complexity index is 581. The third-order valence-electron chi connectivity index (χ3n) is 3.50. The van der Waals surface area contributed by atoms with Crippen molar-refractivity contribution < 1.29 is 8.78 Å². The lowest BCUT2D eigenvalue weighted by molar-refractivity contribution is 0.523. The predicted molar refractivity (Wildman–Crippen MR) is 82.8 cm³/mol. The minimum absolute atomic E-state index is 0.0787. The van der Waals surface area contributed by atoms with Crippen molar-refractivity contribution in [3.8, 4) is 0 Å². The summed E-state index contributed by atoms with van der Waals surface area (Å²) in [6, 6.07) is 11.4. The summed E-state index contributed by atoms with van der Waals surface area (Å²) in [5.74, 6) is -1.10. The van der Waals surface area contributed by atoms with E-state index >= 15 is 0 Å². The van der Waals surface area contributed by atoms with Crippen LogP contribution in [0.2, 0.25) is 5.02 Å². The lowest BCUT2D eigenvalue weighted by atomic mass is 9.91. The van der Waals surface area contributed by atoms with Gasteiger partial charge in [-0.2, -0.15) is 0 Å². The van der Waals surface area contributed by atoms with Crippen molar-refractivity contribution in [3.63, 3.8) is 0 Å². The summed E-state index contributed by atoms with van der Waals surface area (Å²) in [6.07, 6.45) is 0.273. The highest BCUT2D eigenvalue weighted by Gasteiger charge is 2.19. The van der Waals surface area contributed by atoms with Crippen LogP contribution in [-0.4, -0.2) is 13.1 Å². The number of nitrogens with one attached hydrogen (secondary N) is 1. The molecule has 1 unspecified atom stereocenters. The lowest BCUT2D eigenvalue weighted by Crippen LogP contribution is -2.23. The molecule has 0 saturated heterocycles. The minimum atomic E-state index is -0.511. The highest BCUT2D eigenvalue weighted by molar-refractivity contribution is 6.31. The van der Waals surface area contributed by atoms with Crippen molar-refractivity contribution in [1.29, 1.82) is 0 Å². The van der Waals surface area contributed by atoms with Gasteiger partial charge in [-0.1, -0.05) is 42.8 Å². The van der Waals surface area contributed by atoms with Gasteiger partial charge in [0.15, 0.2) is 0 Å². The lowest BCUT2D eigenvalue weighted by Gasteiger charge is -2.20. The zero-order valence-corrected chi connectivity index (χ0v) is 12.6. The normalized spacial score (nSPS) is 12.4. The number of rotatable bonds is 6. The maximum atomic E-state index is 13.9. The van der Waals surface area contributed by atoms with Crippen molar-refractivity contribution in [2.75, 3.05) is 13.1 Å². The number of benzene rings is 2. The Labute approximate surface area is 128 Å². The Kier molecular flexibility index (Phi) is 5.71. The standard InChI is InChI=1S/C17H18ClF2N/c1-2-21-11-12(13-6-3-4-7-15(13)18)10-14-16(19)8-5-9-17(14)20/h3-9,12,21H,2,10-11H2,1H3. The molecule has 4 heteroatoms. The monoisotopic (exact) mass is 309 g/mol. The fourth-order valence-corrected chi connectivity index (χ4v) is 2.68. The van der Waals surface area contributed by atoms with E-state index in [1.54, 1.807) is 6.07 Å². The summed E-state index contributed by atoms with van der Waals surface area (Å²) in [5.41, 5.74) is 1.02. The van der Waals surface area contributed by atoms with E-state index in [0.29, 0.717) is 11.6 Å². The fraction of sp³-hybridized carbons (Fsp3) is 0.294. The third-order valence-corrected chi connectivity index (χ3v) is 3.84. The van der Waals surface area contributed by atoms with Crippen LogP contribution in [0.25, 0.3) is 0 Å². The molecule has 0 aliphatic rings. The minimum Gasteiger partial charge on any atom is -0.316 e. The molecule has 21 heavy (non-hydrogen) atoms. The molecule has 0 aliphatic carbocycles. The topological polar surface area (TPSA) is 12.0 Å². The zero-order chi connectivity index (χ0) is 15.2. The molecule has 0 amide bonds. The molecule has 2 aromatic rings. The Morgan fingerprint density at radius 1 is 1.05 bits per heavy atom. The van der Waals surface area contributed by atoms with Gasteiger partial charge in [0.2, 0.25) is 0 Å². The molecule has 1 atom stereocenters. The van der Waals surface area contributed by atoms with E-state index in [2.05, 4.69) is 5.32 Å². The molecular weight excluding hydrogens is 292 g/mol. The molecule has 112 valence electrons. The molecule has 0 heterocycles. The Morgan fingerprint density at radius 3 is 2.33 bits per heavy atom. The Hall–Kier alpha value is -1.45. The SMILES string of the molecule is CCNCC(Cc1c(F)cccc1F)c1ccccc1Cl. The second-order valence-electron chi connectivity index (χ2n) is 4.93. The first-order chi connectivity index (χ1) is 10.1.